The normalized spacial score (nSPS) is 14.7. The monoisotopic (exact) mass is 401 g/mol. The van der Waals surface area contributed by atoms with Crippen molar-refractivity contribution in [2.24, 2.45) is 5.92 Å². The van der Waals surface area contributed by atoms with Crippen LogP contribution in [0.1, 0.15) is 19.3 Å². The second-order valence-electron chi connectivity index (χ2n) is 7.78. The van der Waals surface area contributed by atoms with Crippen molar-refractivity contribution >= 4 is 22.6 Å². The van der Waals surface area contributed by atoms with Gasteiger partial charge in [-0.25, -0.2) is 4.79 Å². The van der Waals surface area contributed by atoms with E-state index in [4.69, 9.17) is 9.47 Å². The summed E-state index contributed by atoms with van der Waals surface area (Å²) in [6.07, 6.45) is 4.94. The molecule has 0 N–H and O–H groups in total. The summed E-state index contributed by atoms with van der Waals surface area (Å²) in [5.41, 5.74) is 0. The largest absolute Gasteiger partial charge is 0.493 e. The smallest absolute Gasteiger partial charge is 0.319 e. The van der Waals surface area contributed by atoms with Crippen LogP contribution in [-0.2, 0) is 0 Å². The van der Waals surface area contributed by atoms with Crippen molar-refractivity contribution in [1.29, 1.82) is 0 Å². The lowest BCUT2D eigenvalue weighted by molar-refractivity contribution is 0.177. The topological polar surface area (TPSA) is 71.0 Å². The maximum absolute atomic E-state index is 12.0. The van der Waals surface area contributed by atoms with Crippen LogP contribution >= 0.6 is 0 Å². The molecule has 0 aliphatic carbocycles. The number of hydrogen-bond acceptors (Lipinski definition) is 6. The van der Waals surface area contributed by atoms with Gasteiger partial charge in [-0.15, -0.1) is 5.10 Å². The lowest BCUT2D eigenvalue weighted by atomic mass is 9.93. The fourth-order valence-electron chi connectivity index (χ4n) is 3.88. The predicted octanol–water partition coefficient (Wildman–Crippen LogP) is 2.87. The standard InChI is InChI=1S/C21H31N5O3/c1-24(2)21(27)25(3)9-6-15-7-10-26(11-8-15)20-17-13-19(29-5)18(28-4)12-16(17)14-22-23-20/h12-15H,6-11H2,1-5H3. The van der Waals surface area contributed by atoms with E-state index in [1.54, 1.807) is 44.3 Å². The molecule has 2 heterocycles. The highest BCUT2D eigenvalue weighted by Crippen LogP contribution is 2.36. The van der Waals surface area contributed by atoms with E-state index < -0.39 is 0 Å². The molecule has 2 aromatic rings. The summed E-state index contributed by atoms with van der Waals surface area (Å²) < 4.78 is 10.9. The quantitative estimate of drug-likeness (QED) is 0.741. The molecule has 8 heteroatoms. The maximum atomic E-state index is 12.0. The number of hydrogen-bond donors (Lipinski definition) is 0. The Morgan fingerprint density at radius 2 is 1.79 bits per heavy atom. The molecule has 2 amide bonds. The van der Waals surface area contributed by atoms with Crippen LogP contribution < -0.4 is 14.4 Å². The predicted molar refractivity (Wildman–Crippen MR) is 114 cm³/mol. The number of benzene rings is 1. The first kappa shape index (κ1) is 21.0. The Balaban J connectivity index is 1.66. The molecule has 8 nitrogen and oxygen atoms in total. The minimum atomic E-state index is 0.0536. The van der Waals surface area contributed by atoms with Crippen molar-refractivity contribution in [2.45, 2.75) is 19.3 Å². The van der Waals surface area contributed by atoms with Crippen LogP contribution in [0.3, 0.4) is 0 Å². The Morgan fingerprint density at radius 3 is 2.41 bits per heavy atom. The Hall–Kier alpha value is -2.77. The zero-order chi connectivity index (χ0) is 21.0. The minimum Gasteiger partial charge on any atom is -0.493 e. The number of ether oxygens (including phenoxy) is 2. The molecule has 0 bridgehead atoms. The fourth-order valence-corrected chi connectivity index (χ4v) is 3.88. The molecule has 1 aromatic carbocycles. The van der Waals surface area contributed by atoms with E-state index in [0.29, 0.717) is 17.4 Å². The van der Waals surface area contributed by atoms with E-state index >= 15 is 0 Å². The number of carbonyl (C=O) groups is 1. The average Bonchev–Trinajstić information content (AvgIpc) is 2.75. The molecule has 3 rings (SSSR count). The van der Waals surface area contributed by atoms with Crippen LogP contribution in [0.25, 0.3) is 10.8 Å². The molecule has 0 unspecified atom stereocenters. The number of rotatable bonds is 6. The van der Waals surface area contributed by atoms with E-state index in [1.807, 2.05) is 19.2 Å². The molecule has 1 fully saturated rings. The highest BCUT2D eigenvalue weighted by Gasteiger charge is 2.23. The maximum Gasteiger partial charge on any atom is 0.319 e. The molecule has 1 aliphatic rings. The van der Waals surface area contributed by atoms with Crippen LogP contribution in [0, 0.1) is 5.92 Å². The van der Waals surface area contributed by atoms with Gasteiger partial charge in [0.15, 0.2) is 17.3 Å². The Morgan fingerprint density at radius 1 is 1.14 bits per heavy atom. The second kappa shape index (κ2) is 9.15. The van der Waals surface area contributed by atoms with Crippen molar-refractivity contribution in [3.63, 3.8) is 0 Å². The Labute approximate surface area is 172 Å². The van der Waals surface area contributed by atoms with E-state index in [9.17, 15) is 4.79 Å². The van der Waals surface area contributed by atoms with Gasteiger partial charge in [0.2, 0.25) is 0 Å². The van der Waals surface area contributed by atoms with Gasteiger partial charge in [-0.05, 0) is 37.3 Å². The van der Waals surface area contributed by atoms with Crippen LogP contribution in [-0.4, -0.2) is 81.0 Å². The van der Waals surface area contributed by atoms with Crippen molar-refractivity contribution in [3.8, 4) is 11.5 Å². The third kappa shape index (κ3) is 4.63. The lowest BCUT2D eigenvalue weighted by Gasteiger charge is -2.34. The van der Waals surface area contributed by atoms with Gasteiger partial charge >= 0.3 is 6.03 Å². The van der Waals surface area contributed by atoms with Crippen molar-refractivity contribution < 1.29 is 14.3 Å². The first-order valence-electron chi connectivity index (χ1n) is 9.99. The van der Waals surface area contributed by atoms with Crippen LogP contribution in [0.15, 0.2) is 18.3 Å². The first-order chi connectivity index (χ1) is 13.9. The molecule has 0 saturated carbocycles. The third-order valence-corrected chi connectivity index (χ3v) is 5.64. The number of amides is 2. The van der Waals surface area contributed by atoms with Gasteiger partial charge in [0.1, 0.15) is 0 Å². The molecule has 0 spiro atoms. The number of fused-ring (bicyclic) bond motifs is 1. The third-order valence-electron chi connectivity index (χ3n) is 5.64. The molecular weight excluding hydrogens is 370 g/mol. The van der Waals surface area contributed by atoms with Crippen LogP contribution in [0.4, 0.5) is 10.6 Å². The zero-order valence-electron chi connectivity index (χ0n) is 18.0. The van der Waals surface area contributed by atoms with Crippen LogP contribution in [0.2, 0.25) is 0 Å². The van der Waals surface area contributed by atoms with Gasteiger partial charge in [-0.2, -0.15) is 5.10 Å². The summed E-state index contributed by atoms with van der Waals surface area (Å²) in [7, 11) is 8.71. The summed E-state index contributed by atoms with van der Waals surface area (Å²) in [4.78, 5) is 17.7. The van der Waals surface area contributed by atoms with Crippen molar-refractivity contribution in [3.05, 3.63) is 18.3 Å². The molecule has 158 valence electrons. The van der Waals surface area contributed by atoms with Crippen LogP contribution in [0.5, 0.6) is 11.5 Å². The number of piperidine rings is 1. The Bertz CT molecular complexity index is 850. The van der Waals surface area contributed by atoms with Gasteiger partial charge < -0.3 is 24.2 Å². The summed E-state index contributed by atoms with van der Waals surface area (Å²) in [5, 5.41) is 10.6. The molecule has 1 aromatic heterocycles. The Kier molecular flexibility index (Phi) is 6.61. The number of aromatic nitrogens is 2. The van der Waals surface area contributed by atoms with Gasteiger partial charge in [0, 0.05) is 51.5 Å². The van der Waals surface area contributed by atoms with Gasteiger partial charge in [0.05, 0.1) is 20.4 Å². The molecule has 1 saturated heterocycles. The molecule has 29 heavy (non-hydrogen) atoms. The molecule has 1 aliphatic heterocycles. The van der Waals surface area contributed by atoms with E-state index in [-0.39, 0.29) is 6.03 Å². The second-order valence-corrected chi connectivity index (χ2v) is 7.78. The summed E-state index contributed by atoms with van der Waals surface area (Å²) in [6.45, 7) is 2.64. The lowest BCUT2D eigenvalue weighted by Crippen LogP contribution is -2.39. The van der Waals surface area contributed by atoms with Gasteiger partial charge in [-0.3, -0.25) is 0 Å². The molecular formula is C21H31N5O3. The fraction of sp³-hybridized carbons (Fsp3) is 0.571. The molecule has 0 atom stereocenters. The van der Waals surface area contributed by atoms with Crippen molar-refractivity contribution in [2.75, 3.05) is 59.9 Å². The summed E-state index contributed by atoms with van der Waals surface area (Å²) in [6, 6.07) is 3.97. The van der Waals surface area contributed by atoms with Crippen molar-refractivity contribution in [1.82, 2.24) is 20.0 Å². The number of methoxy groups -OCH3 is 2. The molecule has 0 radical (unpaired) electrons. The SMILES string of the molecule is COc1cc2cnnc(N3CCC(CCN(C)C(=O)N(C)C)CC3)c2cc1OC. The number of nitrogens with zero attached hydrogens (tertiary/aromatic N) is 5. The average molecular weight is 402 g/mol. The van der Waals surface area contributed by atoms with E-state index in [1.165, 1.54) is 0 Å². The summed E-state index contributed by atoms with van der Waals surface area (Å²) >= 11 is 0. The number of anilines is 1. The van der Waals surface area contributed by atoms with E-state index in [2.05, 4.69) is 15.1 Å². The number of carbonyl (C=O) groups excluding carboxylic acids is 1. The first-order valence-corrected chi connectivity index (χ1v) is 9.99. The minimum absolute atomic E-state index is 0.0536. The summed E-state index contributed by atoms with van der Waals surface area (Å²) in [5.74, 6) is 2.88. The van der Waals surface area contributed by atoms with Gasteiger partial charge in [0.25, 0.3) is 0 Å². The zero-order valence-corrected chi connectivity index (χ0v) is 18.0. The van der Waals surface area contributed by atoms with Gasteiger partial charge in [-0.1, -0.05) is 0 Å². The highest BCUT2D eigenvalue weighted by atomic mass is 16.5. The van der Waals surface area contributed by atoms with E-state index in [0.717, 1.165) is 55.5 Å². The highest BCUT2D eigenvalue weighted by molar-refractivity contribution is 5.94. The number of urea groups is 1.